The zero-order chi connectivity index (χ0) is 10.8. The van der Waals surface area contributed by atoms with Crippen LogP contribution in [0.4, 0.5) is 5.69 Å². The number of hydrogen-bond acceptors (Lipinski definition) is 2. The summed E-state index contributed by atoms with van der Waals surface area (Å²) in [6, 6.07) is 6.05. The van der Waals surface area contributed by atoms with E-state index in [0.29, 0.717) is 13.0 Å². The molecule has 3 heteroatoms. The summed E-state index contributed by atoms with van der Waals surface area (Å²) in [6.07, 6.45) is 1.65. The molecule has 0 radical (unpaired) electrons. The molecule has 3 nitrogen and oxygen atoms in total. The molecule has 0 spiro atoms. The van der Waals surface area contributed by atoms with Crippen LogP contribution in [0.3, 0.4) is 0 Å². The summed E-state index contributed by atoms with van der Waals surface area (Å²) in [5.41, 5.74) is 8.85. The van der Waals surface area contributed by atoms with Gasteiger partial charge in [0.05, 0.1) is 0 Å². The third-order valence-electron chi connectivity index (χ3n) is 2.86. The van der Waals surface area contributed by atoms with Gasteiger partial charge in [-0.25, -0.2) is 0 Å². The summed E-state index contributed by atoms with van der Waals surface area (Å²) in [5.74, 6) is 0.235. The van der Waals surface area contributed by atoms with Crippen molar-refractivity contribution in [1.29, 1.82) is 0 Å². The van der Waals surface area contributed by atoms with Gasteiger partial charge < -0.3 is 10.6 Å². The van der Waals surface area contributed by atoms with Crippen LogP contribution in [-0.4, -0.2) is 12.5 Å². The number of aryl methyl sites for hydroxylation is 1. The molecule has 0 atom stereocenters. The van der Waals surface area contributed by atoms with E-state index < -0.39 is 0 Å². The van der Waals surface area contributed by atoms with Crippen molar-refractivity contribution in [2.45, 2.75) is 26.3 Å². The maximum Gasteiger partial charge on any atom is 0.227 e. The Morgan fingerprint density at radius 3 is 2.80 bits per heavy atom. The van der Waals surface area contributed by atoms with Gasteiger partial charge in [0.2, 0.25) is 5.91 Å². The lowest BCUT2D eigenvalue weighted by molar-refractivity contribution is -0.117. The lowest BCUT2D eigenvalue weighted by atomic mass is 10.1. The Hall–Kier alpha value is -1.35. The molecule has 15 heavy (non-hydrogen) atoms. The van der Waals surface area contributed by atoms with Crippen molar-refractivity contribution in [3.8, 4) is 0 Å². The fourth-order valence-corrected chi connectivity index (χ4v) is 2.05. The van der Waals surface area contributed by atoms with Crippen LogP contribution in [0.15, 0.2) is 18.2 Å². The number of anilines is 1. The van der Waals surface area contributed by atoms with Crippen molar-refractivity contribution in [1.82, 2.24) is 0 Å². The van der Waals surface area contributed by atoms with E-state index >= 15 is 0 Å². The van der Waals surface area contributed by atoms with Crippen LogP contribution in [-0.2, 0) is 11.3 Å². The predicted molar refractivity (Wildman–Crippen MR) is 60.7 cm³/mol. The predicted octanol–water partition coefficient (Wildman–Crippen LogP) is 1.58. The molecule has 1 aliphatic rings. The zero-order valence-electron chi connectivity index (χ0n) is 8.99. The smallest absolute Gasteiger partial charge is 0.227 e. The highest BCUT2D eigenvalue weighted by Gasteiger charge is 2.22. The first kappa shape index (κ1) is 10.2. The Kier molecular flexibility index (Phi) is 2.73. The van der Waals surface area contributed by atoms with Gasteiger partial charge in [-0.1, -0.05) is 12.1 Å². The molecule has 2 rings (SSSR count). The largest absolute Gasteiger partial charge is 0.326 e. The number of hydrogen-bond donors (Lipinski definition) is 1. The molecule has 1 fully saturated rings. The Bertz CT molecular complexity index is 387. The lowest BCUT2D eigenvalue weighted by Crippen LogP contribution is -2.24. The number of amides is 1. The van der Waals surface area contributed by atoms with Crippen molar-refractivity contribution < 1.29 is 4.79 Å². The first-order valence-electron chi connectivity index (χ1n) is 5.32. The minimum Gasteiger partial charge on any atom is -0.326 e. The molecule has 0 saturated carbocycles. The van der Waals surface area contributed by atoms with E-state index in [1.54, 1.807) is 0 Å². The van der Waals surface area contributed by atoms with Gasteiger partial charge in [0.1, 0.15) is 0 Å². The summed E-state index contributed by atoms with van der Waals surface area (Å²) in [4.78, 5) is 13.5. The number of nitrogens with two attached hydrogens (primary N) is 1. The molecule has 80 valence electrons. The van der Waals surface area contributed by atoms with Crippen LogP contribution in [0.2, 0.25) is 0 Å². The summed E-state index contributed by atoms with van der Waals surface area (Å²) in [6.45, 7) is 3.43. The molecule has 2 N–H and O–H groups in total. The number of carbonyl (C=O) groups excluding carboxylic acids is 1. The molecule has 0 aromatic heterocycles. The summed E-state index contributed by atoms with van der Waals surface area (Å²) >= 11 is 0. The Morgan fingerprint density at radius 1 is 1.47 bits per heavy atom. The highest BCUT2D eigenvalue weighted by atomic mass is 16.2. The van der Waals surface area contributed by atoms with Gasteiger partial charge >= 0.3 is 0 Å². The number of nitrogens with zero attached hydrogens (tertiary/aromatic N) is 1. The van der Waals surface area contributed by atoms with Crippen molar-refractivity contribution >= 4 is 11.6 Å². The molecule has 1 heterocycles. The second kappa shape index (κ2) is 4.03. The molecule has 1 amide bonds. The van der Waals surface area contributed by atoms with Gasteiger partial charge in [0.25, 0.3) is 0 Å². The van der Waals surface area contributed by atoms with Crippen LogP contribution in [0, 0.1) is 6.92 Å². The van der Waals surface area contributed by atoms with Crippen molar-refractivity contribution in [2.24, 2.45) is 5.73 Å². The zero-order valence-corrected chi connectivity index (χ0v) is 8.99. The van der Waals surface area contributed by atoms with Crippen molar-refractivity contribution in [3.63, 3.8) is 0 Å². The average molecular weight is 204 g/mol. The second-order valence-electron chi connectivity index (χ2n) is 3.97. The monoisotopic (exact) mass is 204 g/mol. The minimum absolute atomic E-state index is 0.235. The average Bonchev–Trinajstić information content (AvgIpc) is 2.64. The van der Waals surface area contributed by atoms with Crippen molar-refractivity contribution in [3.05, 3.63) is 29.3 Å². The maximum atomic E-state index is 11.6. The Labute approximate surface area is 89.9 Å². The van der Waals surface area contributed by atoms with Crippen LogP contribution in [0.1, 0.15) is 24.0 Å². The number of benzene rings is 1. The quantitative estimate of drug-likeness (QED) is 0.795. The van der Waals surface area contributed by atoms with E-state index in [4.69, 9.17) is 5.73 Å². The van der Waals surface area contributed by atoms with Crippen LogP contribution in [0.25, 0.3) is 0 Å². The van der Waals surface area contributed by atoms with Crippen molar-refractivity contribution in [2.75, 3.05) is 11.4 Å². The van der Waals surface area contributed by atoms with E-state index in [0.717, 1.165) is 29.8 Å². The molecule has 1 aliphatic heterocycles. The minimum atomic E-state index is 0.235. The van der Waals surface area contributed by atoms with E-state index in [1.807, 2.05) is 24.0 Å². The van der Waals surface area contributed by atoms with Gasteiger partial charge in [0, 0.05) is 25.2 Å². The van der Waals surface area contributed by atoms with E-state index in [1.165, 1.54) is 0 Å². The topological polar surface area (TPSA) is 46.3 Å². The first-order valence-corrected chi connectivity index (χ1v) is 5.32. The van der Waals surface area contributed by atoms with E-state index in [-0.39, 0.29) is 5.91 Å². The molecular weight excluding hydrogens is 188 g/mol. The lowest BCUT2D eigenvalue weighted by Gasteiger charge is -2.18. The third kappa shape index (κ3) is 1.88. The highest BCUT2D eigenvalue weighted by Crippen LogP contribution is 2.25. The summed E-state index contributed by atoms with van der Waals surface area (Å²) < 4.78 is 0. The van der Waals surface area contributed by atoms with E-state index in [9.17, 15) is 4.79 Å². The van der Waals surface area contributed by atoms with Gasteiger partial charge in [-0.3, -0.25) is 4.79 Å². The molecule has 0 aliphatic carbocycles. The molecule has 1 saturated heterocycles. The summed E-state index contributed by atoms with van der Waals surface area (Å²) in [5, 5.41) is 0. The number of carbonyl (C=O) groups is 1. The molecule has 0 bridgehead atoms. The number of rotatable bonds is 2. The van der Waals surface area contributed by atoms with Crippen LogP contribution < -0.4 is 10.6 Å². The molecule has 0 unspecified atom stereocenters. The molecule has 1 aromatic rings. The Balaban J connectivity index is 2.32. The maximum absolute atomic E-state index is 11.6. The van der Waals surface area contributed by atoms with Gasteiger partial charge in [-0.05, 0) is 30.5 Å². The van der Waals surface area contributed by atoms with Gasteiger partial charge in [-0.15, -0.1) is 0 Å². The fourth-order valence-electron chi connectivity index (χ4n) is 2.05. The molecule has 1 aromatic carbocycles. The van der Waals surface area contributed by atoms with E-state index in [2.05, 4.69) is 6.07 Å². The second-order valence-corrected chi connectivity index (χ2v) is 3.97. The van der Waals surface area contributed by atoms with Crippen LogP contribution >= 0.6 is 0 Å². The first-order chi connectivity index (χ1) is 7.22. The summed E-state index contributed by atoms with van der Waals surface area (Å²) in [7, 11) is 0. The molecular formula is C12H16N2O. The van der Waals surface area contributed by atoms with Gasteiger partial charge in [0.15, 0.2) is 0 Å². The Morgan fingerprint density at radius 2 is 2.27 bits per heavy atom. The SMILES string of the molecule is Cc1cc(CN)ccc1N1CCCC1=O. The third-order valence-corrected chi connectivity index (χ3v) is 2.86. The normalized spacial score (nSPS) is 16.1. The highest BCUT2D eigenvalue weighted by molar-refractivity contribution is 5.96. The van der Waals surface area contributed by atoms with Gasteiger partial charge in [-0.2, -0.15) is 0 Å². The van der Waals surface area contributed by atoms with Crippen LogP contribution in [0.5, 0.6) is 0 Å². The standard InChI is InChI=1S/C12H16N2O/c1-9-7-10(8-13)4-5-11(9)14-6-2-3-12(14)15/h4-5,7H,2-3,6,8,13H2,1H3. The fraction of sp³-hybridized carbons (Fsp3) is 0.417.